The van der Waals surface area contributed by atoms with Crippen molar-refractivity contribution >= 4 is 78.1 Å². The number of ketones is 2. The zero-order valence-electron chi connectivity index (χ0n) is 24.4. The van der Waals surface area contributed by atoms with Gasteiger partial charge in [-0.25, -0.2) is 0 Å². The van der Waals surface area contributed by atoms with Crippen LogP contribution in [0.1, 0.15) is 31.8 Å². The van der Waals surface area contributed by atoms with Gasteiger partial charge in [0, 0.05) is 22.5 Å². The molecule has 0 bridgehead atoms. The van der Waals surface area contributed by atoms with Crippen molar-refractivity contribution < 1.29 is 35.5 Å². The molecule has 0 unspecified atom stereocenters. The van der Waals surface area contributed by atoms with E-state index >= 15 is 0 Å². The summed E-state index contributed by atoms with van der Waals surface area (Å²) in [7, 11) is -9.15. The lowest BCUT2D eigenvalue weighted by molar-refractivity contribution is 0.105. The summed E-state index contributed by atoms with van der Waals surface area (Å²) in [5, 5.41) is 8.29. The fourth-order valence-corrected chi connectivity index (χ4v) is 6.53. The highest BCUT2D eigenvalue weighted by molar-refractivity contribution is 7.86. The second kappa shape index (κ2) is 12.0. The molecule has 0 fully saturated rings. The van der Waals surface area contributed by atoms with E-state index in [2.05, 4.69) is 21.1 Å². The molecule has 0 amide bonds. The molecule has 16 heteroatoms. The van der Waals surface area contributed by atoms with Gasteiger partial charge in [-0.3, -0.25) is 29.5 Å². The Morgan fingerprint density at radius 3 is 1.21 bits per heavy atom. The lowest BCUT2D eigenvalue weighted by Crippen LogP contribution is -2.21. The number of nitrogens with two attached hydrogens (primary N) is 2. The predicted molar refractivity (Wildman–Crippen MR) is 182 cm³/mol. The molecular formula is C32H24N6O8S2. The first-order valence-electron chi connectivity index (χ1n) is 13.9. The zero-order chi connectivity index (χ0) is 34.4. The summed E-state index contributed by atoms with van der Waals surface area (Å²) in [6.45, 7) is 0. The third-order valence-electron chi connectivity index (χ3n) is 7.48. The van der Waals surface area contributed by atoms with Gasteiger partial charge in [-0.2, -0.15) is 27.0 Å². The number of hydrogen-bond acceptors (Lipinski definition) is 12. The molecule has 2 aliphatic rings. The van der Waals surface area contributed by atoms with Crippen LogP contribution < -0.4 is 22.3 Å². The van der Waals surface area contributed by atoms with Crippen LogP contribution in [0.4, 0.5) is 22.7 Å². The minimum absolute atomic E-state index is 0.00779. The van der Waals surface area contributed by atoms with Gasteiger partial charge in [-0.1, -0.05) is 36.4 Å². The van der Waals surface area contributed by atoms with Crippen LogP contribution in [0.15, 0.2) is 105 Å². The number of anilines is 4. The summed E-state index contributed by atoms with van der Waals surface area (Å²) in [6.07, 6.45) is 5.36. The van der Waals surface area contributed by atoms with Gasteiger partial charge in [0.25, 0.3) is 20.2 Å². The predicted octanol–water partition coefficient (Wildman–Crippen LogP) is 4.37. The van der Waals surface area contributed by atoms with E-state index in [0.717, 1.165) is 23.3 Å². The molecule has 0 aliphatic heterocycles. The number of carbonyl (C=O) groups excluding carboxylic acids is 2. The largest absolute Gasteiger partial charge is 0.398 e. The molecule has 6 rings (SSSR count). The smallest absolute Gasteiger partial charge is 0.295 e. The Labute approximate surface area is 273 Å². The number of benzene rings is 4. The van der Waals surface area contributed by atoms with Gasteiger partial charge in [-0.15, -0.1) is 0 Å². The maximum absolute atomic E-state index is 13.0. The second-order valence-corrected chi connectivity index (χ2v) is 13.3. The summed E-state index contributed by atoms with van der Waals surface area (Å²) in [5.41, 5.74) is 20.2. The Bertz CT molecular complexity index is 2210. The van der Waals surface area contributed by atoms with Crippen molar-refractivity contribution in [3.63, 3.8) is 0 Å². The fraction of sp³-hybridized carbons (Fsp3) is 0. The number of nitrogens with one attached hydrogen (secondary N) is 2. The number of nitrogen functional groups attached to an aromatic ring is 2. The molecule has 242 valence electrons. The Kier molecular flexibility index (Phi) is 8.01. The topological polar surface area (TPSA) is 244 Å². The van der Waals surface area contributed by atoms with Gasteiger partial charge in [0.05, 0.1) is 22.5 Å². The van der Waals surface area contributed by atoms with Gasteiger partial charge in [0.2, 0.25) is 11.6 Å². The maximum Gasteiger partial charge on any atom is 0.295 e. The van der Waals surface area contributed by atoms with Gasteiger partial charge in [-0.05, 0) is 71.8 Å². The zero-order valence-corrected chi connectivity index (χ0v) is 26.1. The molecule has 0 saturated carbocycles. The van der Waals surface area contributed by atoms with E-state index < -0.39 is 41.6 Å². The number of nitrogens with zero attached hydrogens (tertiary/aromatic N) is 2. The number of hydrazone groups is 2. The van der Waals surface area contributed by atoms with Crippen LogP contribution >= 0.6 is 0 Å². The first kappa shape index (κ1) is 32.0. The fourth-order valence-electron chi connectivity index (χ4n) is 5.15. The Morgan fingerprint density at radius 1 is 0.521 bits per heavy atom. The van der Waals surface area contributed by atoms with E-state index in [-0.39, 0.29) is 45.1 Å². The molecule has 48 heavy (non-hydrogen) atoms. The van der Waals surface area contributed by atoms with Crippen LogP contribution in [0, 0.1) is 0 Å². The van der Waals surface area contributed by atoms with Crippen molar-refractivity contribution in [1.82, 2.24) is 0 Å². The molecule has 8 N–H and O–H groups in total. The number of rotatable bonds is 7. The molecule has 0 spiro atoms. The molecular weight excluding hydrogens is 661 g/mol. The molecule has 2 aliphatic carbocycles. The van der Waals surface area contributed by atoms with Crippen molar-refractivity contribution in [2.75, 3.05) is 22.3 Å². The number of Topliss-reactive ketones (excluding diaryl/α,β-unsaturated/α-hetero) is 2. The Balaban J connectivity index is 1.13. The molecule has 0 atom stereocenters. The second-order valence-electron chi connectivity index (χ2n) is 10.5. The van der Waals surface area contributed by atoms with E-state index in [1.165, 1.54) is 36.4 Å². The molecule has 4 aromatic carbocycles. The van der Waals surface area contributed by atoms with Crippen molar-refractivity contribution in [2.45, 2.75) is 9.79 Å². The number of hydrogen-bond donors (Lipinski definition) is 6. The van der Waals surface area contributed by atoms with Gasteiger partial charge < -0.3 is 11.5 Å². The minimum atomic E-state index is -4.58. The molecule has 0 radical (unpaired) electrons. The lowest BCUT2D eigenvalue weighted by Gasteiger charge is -2.16. The highest BCUT2D eigenvalue weighted by Gasteiger charge is 2.29. The Morgan fingerprint density at radius 2 is 0.875 bits per heavy atom. The molecule has 14 nitrogen and oxygen atoms in total. The first-order valence-corrected chi connectivity index (χ1v) is 16.7. The van der Waals surface area contributed by atoms with E-state index in [1.807, 2.05) is 24.3 Å². The average Bonchev–Trinajstić information content (AvgIpc) is 3.03. The first-order chi connectivity index (χ1) is 22.7. The number of fused-ring (bicyclic) bond motifs is 2. The number of carbonyl (C=O) groups is 2. The molecule has 0 saturated heterocycles. The van der Waals surface area contributed by atoms with E-state index in [4.69, 9.17) is 11.5 Å². The van der Waals surface area contributed by atoms with Crippen molar-refractivity contribution in [2.24, 2.45) is 10.2 Å². The van der Waals surface area contributed by atoms with Crippen LogP contribution in [-0.4, -0.2) is 48.9 Å². The highest BCUT2D eigenvalue weighted by Crippen LogP contribution is 2.32. The molecule has 0 heterocycles. The van der Waals surface area contributed by atoms with E-state index in [9.17, 15) is 35.5 Å². The lowest BCUT2D eigenvalue weighted by atomic mass is 9.93. The monoisotopic (exact) mass is 684 g/mol. The summed E-state index contributed by atoms with van der Waals surface area (Å²) < 4.78 is 65.9. The van der Waals surface area contributed by atoms with Crippen LogP contribution in [0.3, 0.4) is 0 Å². The Hall–Kier alpha value is -5.94. The third-order valence-corrected chi connectivity index (χ3v) is 9.30. The average molecular weight is 685 g/mol. The van der Waals surface area contributed by atoms with Crippen molar-refractivity contribution in [1.29, 1.82) is 0 Å². The van der Waals surface area contributed by atoms with E-state index in [0.29, 0.717) is 11.4 Å². The minimum Gasteiger partial charge on any atom is -0.398 e. The van der Waals surface area contributed by atoms with Crippen LogP contribution in [0.2, 0.25) is 0 Å². The standard InChI is InChI=1S/C32H24N6O8S2/c33-23-11-15-27(47(41,42)43)21-9-13-25(31(39)29(21)23)37-35-19-5-1-17(2-6-19)18-3-7-20(8-4-18)36-38-26-14-10-22-28(48(44,45)46)16-12-24(34)30(22)32(26)40/h1-16,35-36H,33-34H2,(H,41,42,43)(H,44,45,46)/b37-25-,38-26+. The van der Waals surface area contributed by atoms with Gasteiger partial charge in [0.1, 0.15) is 21.2 Å². The SMILES string of the molecule is Nc1ccc(S(=O)(=O)O)c2c1C(=O)/C(=N\Nc1ccc(-c3ccc(N/N=C4\C=Cc5c(S(=O)(=O)O)ccc(N)c5C4=O)cc3)cc1)C=C2. The number of allylic oxidation sites excluding steroid dienone is 2. The van der Waals surface area contributed by atoms with Crippen molar-refractivity contribution in [3.05, 3.63) is 107 Å². The summed E-state index contributed by atoms with van der Waals surface area (Å²) in [4.78, 5) is 25.2. The van der Waals surface area contributed by atoms with Crippen LogP contribution in [-0.2, 0) is 20.2 Å². The quantitative estimate of drug-likeness (QED) is 0.0903. The van der Waals surface area contributed by atoms with Gasteiger partial charge >= 0.3 is 0 Å². The molecule has 0 aromatic heterocycles. The van der Waals surface area contributed by atoms with E-state index in [1.54, 1.807) is 24.3 Å². The third kappa shape index (κ3) is 6.10. The summed E-state index contributed by atoms with van der Waals surface area (Å²) in [5.74, 6) is -1.22. The summed E-state index contributed by atoms with van der Waals surface area (Å²) >= 11 is 0. The summed E-state index contributed by atoms with van der Waals surface area (Å²) in [6, 6.07) is 19.0. The normalized spacial score (nSPS) is 15.8. The van der Waals surface area contributed by atoms with Crippen LogP contribution in [0.25, 0.3) is 23.3 Å². The van der Waals surface area contributed by atoms with Crippen molar-refractivity contribution in [3.8, 4) is 11.1 Å². The molecule has 4 aromatic rings. The van der Waals surface area contributed by atoms with Crippen LogP contribution in [0.5, 0.6) is 0 Å². The highest BCUT2D eigenvalue weighted by atomic mass is 32.2. The van der Waals surface area contributed by atoms with Gasteiger partial charge in [0.15, 0.2) is 0 Å². The maximum atomic E-state index is 13.0.